The van der Waals surface area contributed by atoms with Gasteiger partial charge >= 0.3 is 6.18 Å². The average Bonchev–Trinajstić information content (AvgIpc) is 3.62. The lowest BCUT2D eigenvalue weighted by Crippen LogP contribution is -2.56. The number of nitrogens with zero attached hydrogens (tertiary/aromatic N) is 2. The number of rotatable bonds is 6. The highest BCUT2D eigenvalue weighted by atomic mass is 35.5. The predicted molar refractivity (Wildman–Crippen MR) is 129 cm³/mol. The van der Waals surface area contributed by atoms with E-state index in [4.69, 9.17) is 23.2 Å². The highest BCUT2D eigenvalue weighted by Gasteiger charge is 2.55. The number of likely N-dealkylation sites (N-methyl/N-ethyl adjacent to an activating group) is 1. The Balaban J connectivity index is 1.61. The molecule has 1 aliphatic heterocycles. The van der Waals surface area contributed by atoms with E-state index in [1.54, 1.807) is 23.1 Å². The number of hydrogen-bond acceptors (Lipinski definition) is 3. The quantitative estimate of drug-likeness (QED) is 0.599. The van der Waals surface area contributed by atoms with Gasteiger partial charge in [-0.05, 0) is 49.2 Å². The summed E-state index contributed by atoms with van der Waals surface area (Å²) in [4.78, 5) is 30.7. The third kappa shape index (κ3) is 5.60. The lowest BCUT2D eigenvalue weighted by atomic mass is 9.89. The maximum atomic E-state index is 13.7. The van der Waals surface area contributed by atoms with E-state index < -0.39 is 29.1 Å². The molecule has 35 heavy (non-hydrogen) atoms. The van der Waals surface area contributed by atoms with Crippen molar-refractivity contribution >= 4 is 35.0 Å². The number of halogens is 5. The summed E-state index contributed by atoms with van der Waals surface area (Å²) in [7, 11) is 1.96. The first-order chi connectivity index (χ1) is 16.5. The van der Waals surface area contributed by atoms with Gasteiger partial charge in [0.1, 0.15) is 6.04 Å². The van der Waals surface area contributed by atoms with E-state index in [2.05, 4.69) is 10.2 Å². The molecule has 0 unspecified atom stereocenters. The Morgan fingerprint density at radius 2 is 1.71 bits per heavy atom. The van der Waals surface area contributed by atoms with Gasteiger partial charge in [-0.2, -0.15) is 13.2 Å². The largest absolute Gasteiger partial charge is 0.416 e. The summed E-state index contributed by atoms with van der Waals surface area (Å²) >= 11 is 12.3. The molecule has 1 saturated heterocycles. The van der Waals surface area contributed by atoms with Gasteiger partial charge in [0.05, 0.1) is 11.0 Å². The van der Waals surface area contributed by atoms with Crippen LogP contribution in [0, 0.1) is 0 Å². The monoisotopic (exact) mass is 527 g/mol. The van der Waals surface area contributed by atoms with Crippen LogP contribution in [0.2, 0.25) is 10.0 Å². The van der Waals surface area contributed by atoms with Gasteiger partial charge in [-0.25, -0.2) is 0 Å². The topological polar surface area (TPSA) is 52.6 Å². The van der Waals surface area contributed by atoms with E-state index in [9.17, 15) is 22.8 Å². The third-order valence-electron chi connectivity index (χ3n) is 6.79. The molecular weight excluding hydrogens is 502 g/mol. The maximum absolute atomic E-state index is 13.7. The van der Waals surface area contributed by atoms with E-state index in [0.717, 1.165) is 6.07 Å². The average molecular weight is 528 g/mol. The molecule has 2 aromatic carbocycles. The summed E-state index contributed by atoms with van der Waals surface area (Å²) in [6, 6.07) is 9.06. The van der Waals surface area contributed by atoms with Gasteiger partial charge in [0, 0.05) is 42.6 Å². The molecule has 0 aromatic heterocycles. The zero-order valence-corrected chi connectivity index (χ0v) is 20.7. The zero-order valence-electron chi connectivity index (χ0n) is 19.2. The van der Waals surface area contributed by atoms with Gasteiger partial charge < -0.3 is 15.1 Å². The number of alkyl halides is 3. The third-order valence-corrected chi connectivity index (χ3v) is 7.38. The Bertz CT molecular complexity index is 1110. The predicted octanol–water partition coefficient (Wildman–Crippen LogP) is 4.55. The Morgan fingerprint density at radius 1 is 1.06 bits per heavy atom. The number of carbonyl (C=O) groups excluding carboxylic acids is 2. The molecule has 0 radical (unpaired) electrons. The van der Waals surface area contributed by atoms with Gasteiger partial charge in [0.15, 0.2) is 0 Å². The van der Waals surface area contributed by atoms with Crippen molar-refractivity contribution in [3.8, 4) is 0 Å². The molecule has 1 aliphatic carbocycles. The molecule has 188 valence electrons. The van der Waals surface area contributed by atoms with Gasteiger partial charge in [-0.1, -0.05) is 47.5 Å². The minimum absolute atomic E-state index is 0.0553. The fourth-order valence-corrected chi connectivity index (χ4v) is 5.03. The van der Waals surface area contributed by atoms with Crippen LogP contribution in [0.4, 0.5) is 13.2 Å². The van der Waals surface area contributed by atoms with E-state index >= 15 is 0 Å². The second-order valence-electron chi connectivity index (χ2n) is 9.22. The Hall–Kier alpha value is -2.29. The lowest BCUT2D eigenvalue weighted by molar-refractivity contribution is -0.140. The van der Waals surface area contributed by atoms with Crippen molar-refractivity contribution in [2.24, 2.45) is 0 Å². The van der Waals surface area contributed by atoms with E-state index in [-0.39, 0.29) is 30.7 Å². The molecule has 1 saturated carbocycles. The number of piperazine rings is 1. The minimum Gasteiger partial charge on any atom is -0.343 e. The number of carbonyl (C=O) groups is 2. The van der Waals surface area contributed by atoms with Crippen LogP contribution >= 0.6 is 23.2 Å². The molecule has 10 heteroatoms. The van der Waals surface area contributed by atoms with E-state index in [1.807, 2.05) is 7.05 Å². The van der Waals surface area contributed by atoms with Gasteiger partial charge in [0.2, 0.25) is 11.8 Å². The molecule has 1 atom stereocenters. The lowest BCUT2D eigenvalue weighted by Gasteiger charge is -2.35. The summed E-state index contributed by atoms with van der Waals surface area (Å²) in [6.07, 6.45) is -3.92. The van der Waals surface area contributed by atoms with Crippen molar-refractivity contribution in [3.05, 3.63) is 69.2 Å². The van der Waals surface area contributed by atoms with Crippen LogP contribution in [-0.2, 0) is 27.6 Å². The fraction of sp³-hybridized carbons (Fsp3) is 0.440. The zero-order chi connectivity index (χ0) is 25.4. The molecule has 5 nitrogen and oxygen atoms in total. The van der Waals surface area contributed by atoms with Crippen molar-refractivity contribution in [1.29, 1.82) is 0 Å². The molecule has 2 amide bonds. The molecule has 0 spiro atoms. The molecule has 0 bridgehead atoms. The first-order valence-corrected chi connectivity index (χ1v) is 12.2. The van der Waals surface area contributed by atoms with Gasteiger partial charge in [-0.15, -0.1) is 0 Å². The SMILES string of the molecule is CN1CCN(C(=O)[C@H](Cc2ccc(Cl)cc2Cl)NC(=O)C2(c3ccccc3C(F)(F)F)CC2)CC1. The van der Waals surface area contributed by atoms with E-state index in [0.29, 0.717) is 41.8 Å². The summed E-state index contributed by atoms with van der Waals surface area (Å²) in [5.41, 5.74) is -1.57. The van der Waals surface area contributed by atoms with Crippen LogP contribution in [0.25, 0.3) is 0 Å². The highest BCUT2D eigenvalue weighted by Crippen LogP contribution is 2.52. The van der Waals surface area contributed by atoms with Crippen LogP contribution in [0.3, 0.4) is 0 Å². The number of benzene rings is 2. The van der Waals surface area contributed by atoms with Crippen LogP contribution in [0.15, 0.2) is 42.5 Å². The van der Waals surface area contributed by atoms with Crippen molar-refractivity contribution in [2.45, 2.75) is 36.9 Å². The standard InChI is InChI=1S/C25H26Cl2F3N3O2/c1-32-10-12-33(13-11-32)22(34)21(14-16-6-7-17(26)15-20(16)27)31-23(35)24(8-9-24)18-4-2-3-5-19(18)25(28,29)30/h2-7,15,21H,8-14H2,1H3,(H,31,35)/t21-/m0/s1. The number of hydrogen-bond donors (Lipinski definition) is 1. The summed E-state index contributed by atoms with van der Waals surface area (Å²) in [5, 5.41) is 3.58. The van der Waals surface area contributed by atoms with Crippen molar-refractivity contribution < 1.29 is 22.8 Å². The summed E-state index contributed by atoms with van der Waals surface area (Å²) in [5.74, 6) is -0.857. The van der Waals surface area contributed by atoms with Gasteiger partial charge in [0.25, 0.3) is 0 Å². The molecule has 4 rings (SSSR count). The first kappa shape index (κ1) is 25.8. The van der Waals surface area contributed by atoms with Crippen LogP contribution < -0.4 is 5.32 Å². The molecule has 1 N–H and O–H groups in total. The number of nitrogens with one attached hydrogen (secondary N) is 1. The van der Waals surface area contributed by atoms with Crippen LogP contribution in [0.5, 0.6) is 0 Å². The Kier molecular flexibility index (Phi) is 7.36. The normalized spacial score (nSPS) is 18.7. The van der Waals surface area contributed by atoms with Crippen molar-refractivity contribution in [1.82, 2.24) is 15.1 Å². The highest BCUT2D eigenvalue weighted by molar-refractivity contribution is 6.35. The molecular formula is C25H26Cl2F3N3O2. The van der Waals surface area contributed by atoms with Gasteiger partial charge in [-0.3, -0.25) is 9.59 Å². The first-order valence-electron chi connectivity index (χ1n) is 11.4. The summed E-state index contributed by atoms with van der Waals surface area (Å²) < 4.78 is 41.0. The van der Waals surface area contributed by atoms with Crippen LogP contribution in [-0.4, -0.2) is 60.9 Å². The van der Waals surface area contributed by atoms with Crippen LogP contribution in [0.1, 0.15) is 29.5 Å². The Morgan fingerprint density at radius 3 is 2.31 bits per heavy atom. The molecule has 2 aromatic rings. The van der Waals surface area contributed by atoms with Crippen molar-refractivity contribution in [3.63, 3.8) is 0 Å². The molecule has 1 heterocycles. The summed E-state index contributed by atoms with van der Waals surface area (Å²) in [6.45, 7) is 2.38. The van der Waals surface area contributed by atoms with Crippen molar-refractivity contribution in [2.75, 3.05) is 33.2 Å². The minimum atomic E-state index is -4.58. The maximum Gasteiger partial charge on any atom is 0.416 e. The smallest absolute Gasteiger partial charge is 0.343 e. The molecule has 2 aliphatic rings. The second-order valence-corrected chi connectivity index (χ2v) is 10.1. The number of amides is 2. The second kappa shape index (κ2) is 9.99. The Labute approximate surface area is 212 Å². The molecule has 2 fully saturated rings. The fourth-order valence-electron chi connectivity index (χ4n) is 4.54. The van der Waals surface area contributed by atoms with E-state index in [1.165, 1.54) is 18.2 Å².